The van der Waals surface area contributed by atoms with Crippen LogP contribution in [-0.2, 0) is 29.1 Å². The van der Waals surface area contributed by atoms with Gasteiger partial charge in [0, 0.05) is 4.16 Å². The fourth-order valence-electron chi connectivity index (χ4n) is 3.71. The van der Waals surface area contributed by atoms with Gasteiger partial charge in [0.15, 0.2) is 0 Å². The first-order chi connectivity index (χ1) is 13.8. The molecule has 150 valence electrons. The Labute approximate surface area is 221 Å². The number of allylic oxidation sites excluding steroid dienone is 1. The molecule has 1 unspecified atom stereocenters. The van der Waals surface area contributed by atoms with Crippen molar-refractivity contribution >= 4 is 48.2 Å². The molecule has 0 saturated carbocycles. The quantitative estimate of drug-likeness (QED) is 0.219. The number of alkyl halides is 1. The van der Waals surface area contributed by atoms with Gasteiger partial charge in [-0.15, -0.1) is 64.1 Å². The largest absolute Gasteiger partial charge is 0.147 e. The van der Waals surface area contributed by atoms with Crippen molar-refractivity contribution in [2.45, 2.75) is 10.6 Å². The maximum atomic E-state index is 4.17. The van der Waals surface area contributed by atoms with Gasteiger partial charge in [-0.2, -0.15) is 17.3 Å². The molecule has 30 heavy (non-hydrogen) atoms. The normalized spacial score (nSPS) is 15.8. The van der Waals surface area contributed by atoms with Crippen molar-refractivity contribution in [2.24, 2.45) is 0 Å². The zero-order valence-corrected chi connectivity index (χ0v) is 22.9. The summed E-state index contributed by atoms with van der Waals surface area (Å²) >= 11 is 6.46. The van der Waals surface area contributed by atoms with Crippen molar-refractivity contribution in [3.63, 3.8) is 0 Å². The van der Waals surface area contributed by atoms with Gasteiger partial charge in [0.1, 0.15) is 0 Å². The first-order valence-electron chi connectivity index (χ1n) is 8.83. The van der Waals surface area contributed by atoms with E-state index >= 15 is 0 Å². The Balaban J connectivity index is 0.000000186. The van der Waals surface area contributed by atoms with Crippen LogP contribution < -0.4 is 24.8 Å². The smallest absolute Gasteiger partial charge is 0.0454 e. The third-order valence-electron chi connectivity index (χ3n) is 4.95. The van der Waals surface area contributed by atoms with Crippen LogP contribution in [0.4, 0.5) is 0 Å². The molecule has 0 radical (unpaired) electrons. The van der Waals surface area contributed by atoms with Gasteiger partial charge in [-0.05, 0) is 6.42 Å². The Morgan fingerprint density at radius 3 is 2.37 bits per heavy atom. The molecule has 0 fully saturated rings. The number of thioether (sulfide) groups is 1. The second-order valence-corrected chi connectivity index (χ2v) is 8.94. The standard InChI is InChI=1S/C13H9.C11H6BrS.2ClH.S.Zr/c1-3-7-12-10(5-1)9-11-6-2-4-8-13(11)12;12-11-9-5-7-3-1-2-4-8(7)10(9)6-13-11;;;;/h1-7H,9H2;1-5,11H;2*1H;;/q2*-1;;;;+2/p-2. The summed E-state index contributed by atoms with van der Waals surface area (Å²) in [6.07, 6.45) is 3.32. The molecule has 0 nitrogen and oxygen atoms in total. The summed E-state index contributed by atoms with van der Waals surface area (Å²) in [4.78, 5) is 0. The molecule has 1 heterocycles. The zero-order valence-electron chi connectivity index (χ0n) is 15.7. The average Bonchev–Trinajstić information content (AvgIpc) is 3.42. The Morgan fingerprint density at radius 1 is 0.900 bits per heavy atom. The monoisotopic (exact) mass is 606 g/mol. The van der Waals surface area contributed by atoms with E-state index in [4.69, 9.17) is 0 Å². The molecule has 6 rings (SSSR count). The minimum absolute atomic E-state index is 0. The first kappa shape index (κ1) is 25.9. The number of benzene rings is 3. The van der Waals surface area contributed by atoms with Crippen LogP contribution >= 0.6 is 36.5 Å². The minimum atomic E-state index is 0. The van der Waals surface area contributed by atoms with Gasteiger partial charge in [0.05, 0.1) is 0 Å². The maximum Gasteiger partial charge on any atom is -0.0454 e. The second-order valence-electron chi connectivity index (χ2n) is 6.50. The molecule has 2 aliphatic carbocycles. The summed E-state index contributed by atoms with van der Waals surface area (Å²) < 4.78 is 0.398. The average molecular weight is 610 g/mol. The summed E-state index contributed by atoms with van der Waals surface area (Å²) in [6.45, 7) is 0. The van der Waals surface area contributed by atoms with E-state index in [1.54, 1.807) is 11.8 Å². The zero-order chi connectivity index (χ0) is 19.5. The summed E-state index contributed by atoms with van der Waals surface area (Å²) in [6, 6.07) is 26.6. The van der Waals surface area contributed by atoms with E-state index < -0.39 is 0 Å². The summed E-state index contributed by atoms with van der Waals surface area (Å²) in [5, 5.41) is 3.34. The summed E-state index contributed by atoms with van der Waals surface area (Å²) in [7, 11) is 4.17. The maximum absolute atomic E-state index is 4.17. The van der Waals surface area contributed by atoms with Gasteiger partial charge < -0.3 is 24.8 Å². The molecule has 0 aromatic heterocycles. The van der Waals surface area contributed by atoms with Crippen LogP contribution in [0.15, 0.2) is 72.3 Å². The van der Waals surface area contributed by atoms with Gasteiger partial charge in [-0.1, -0.05) is 75.1 Å². The van der Waals surface area contributed by atoms with Crippen molar-refractivity contribution in [1.82, 2.24) is 0 Å². The number of hydrogen-bond acceptors (Lipinski definition) is 2. The molecule has 6 heteroatoms. The van der Waals surface area contributed by atoms with Crippen molar-refractivity contribution in [2.75, 3.05) is 0 Å². The van der Waals surface area contributed by atoms with Gasteiger partial charge in [-0.3, -0.25) is 0 Å². The number of rotatable bonds is 0. The van der Waals surface area contributed by atoms with Crippen molar-refractivity contribution < 1.29 is 47.5 Å². The second kappa shape index (κ2) is 12.0. The van der Waals surface area contributed by atoms with Crippen LogP contribution in [0.2, 0.25) is 0 Å². The molecule has 0 bridgehead atoms. The van der Waals surface area contributed by atoms with E-state index in [-0.39, 0.29) is 24.8 Å². The molecule has 3 aromatic rings. The fraction of sp³-hybridized carbons (Fsp3) is 0.0833. The molecule has 3 aliphatic rings. The van der Waals surface area contributed by atoms with Crippen LogP contribution in [0, 0.1) is 11.5 Å². The van der Waals surface area contributed by atoms with Crippen molar-refractivity contribution in [3.8, 4) is 11.1 Å². The molecule has 0 amide bonds. The first-order valence-corrected chi connectivity index (χ1v) is 14.0. The van der Waals surface area contributed by atoms with Crippen molar-refractivity contribution in [3.05, 3.63) is 106 Å². The van der Waals surface area contributed by atoms with E-state index in [1.807, 2.05) is 6.07 Å². The number of fused-ring (bicyclic) bond motifs is 6. The third kappa shape index (κ3) is 5.17. The SMILES string of the molecule is BrC1S[C-]=C2C1=Cc1ccccc12.[Cl-].[Cl-].[S]=[Zr+2].[c-]1cccc2c1-c1ccccc1C2. The molecule has 0 spiro atoms. The molecule has 0 N–H and O–H groups in total. The molecule has 0 saturated heterocycles. The third-order valence-corrected chi connectivity index (χ3v) is 6.79. The number of halogens is 3. The fourth-order valence-corrected chi connectivity index (χ4v) is 5.11. The Kier molecular flexibility index (Phi) is 10.4. The van der Waals surface area contributed by atoms with E-state index in [9.17, 15) is 0 Å². The van der Waals surface area contributed by atoms with Crippen LogP contribution in [-0.4, -0.2) is 4.16 Å². The van der Waals surface area contributed by atoms with Gasteiger partial charge in [0.25, 0.3) is 0 Å². The van der Waals surface area contributed by atoms with Crippen LogP contribution in [0.25, 0.3) is 22.8 Å². The van der Waals surface area contributed by atoms with E-state index in [2.05, 4.69) is 103 Å². The topological polar surface area (TPSA) is 0 Å². The van der Waals surface area contributed by atoms with E-state index in [1.165, 1.54) is 44.5 Å². The van der Waals surface area contributed by atoms with E-state index in [0.717, 1.165) is 29.1 Å². The molecular formula is C24H15BrCl2S2Zr-2. The van der Waals surface area contributed by atoms with Crippen LogP contribution in [0.3, 0.4) is 0 Å². The number of hydrogen-bond donors (Lipinski definition) is 0. The Hall–Kier alpha value is -0.347. The van der Waals surface area contributed by atoms with E-state index in [0.29, 0.717) is 4.16 Å². The Bertz CT molecular complexity index is 1050. The molecule has 3 aromatic carbocycles. The molecule has 1 atom stereocenters. The Morgan fingerprint density at radius 2 is 1.57 bits per heavy atom. The van der Waals surface area contributed by atoms with Crippen LogP contribution in [0.1, 0.15) is 22.3 Å². The predicted octanol–water partition coefficient (Wildman–Crippen LogP) is 1.41. The van der Waals surface area contributed by atoms with Gasteiger partial charge in [0.2, 0.25) is 0 Å². The van der Waals surface area contributed by atoms with Gasteiger partial charge in [-0.25, -0.2) is 0 Å². The van der Waals surface area contributed by atoms with Crippen LogP contribution in [0.5, 0.6) is 0 Å². The molecular weight excluding hydrogens is 594 g/mol. The predicted molar refractivity (Wildman–Crippen MR) is 122 cm³/mol. The molecule has 1 aliphatic heterocycles. The van der Waals surface area contributed by atoms with Gasteiger partial charge >= 0.3 is 31.5 Å². The minimum Gasteiger partial charge on any atom is -0.147 e. The van der Waals surface area contributed by atoms with Crippen molar-refractivity contribution in [1.29, 1.82) is 0 Å². The summed E-state index contributed by atoms with van der Waals surface area (Å²) in [5.41, 5.74) is 10.8. The summed E-state index contributed by atoms with van der Waals surface area (Å²) in [5.74, 6) is 0.